The number of nitrogens with zero attached hydrogens (tertiary/aromatic N) is 3. The third kappa shape index (κ3) is 4.21. The Kier molecular flexibility index (Phi) is 5.53. The maximum atomic E-state index is 8.93. The Morgan fingerprint density at radius 2 is 2.00 bits per heavy atom. The van der Waals surface area contributed by atoms with E-state index in [0.717, 1.165) is 35.8 Å². The molecule has 0 radical (unpaired) electrons. The molecule has 1 aromatic heterocycles. The standard InChI is InChI=1S/C13H22BrN3O/c1-5-17(7-6-8-18)11-9-10(14)15-12(16-11)13(2,3)4/h9,18H,5-8H2,1-4H3. The molecule has 1 N–H and O–H groups in total. The number of anilines is 1. The number of hydrogen-bond acceptors (Lipinski definition) is 4. The van der Waals surface area contributed by atoms with Crippen LogP contribution >= 0.6 is 15.9 Å². The summed E-state index contributed by atoms with van der Waals surface area (Å²) in [5.41, 5.74) is -0.0745. The minimum Gasteiger partial charge on any atom is -0.396 e. The van der Waals surface area contributed by atoms with Crippen LogP contribution in [0.15, 0.2) is 10.7 Å². The molecule has 0 atom stereocenters. The Labute approximate surface area is 118 Å². The zero-order valence-electron chi connectivity index (χ0n) is 11.6. The normalized spacial score (nSPS) is 11.7. The van der Waals surface area contributed by atoms with Gasteiger partial charge in [-0.05, 0) is 29.3 Å². The molecule has 0 bridgehead atoms. The second kappa shape index (κ2) is 6.48. The lowest BCUT2D eigenvalue weighted by molar-refractivity contribution is 0.289. The zero-order chi connectivity index (χ0) is 13.8. The van der Waals surface area contributed by atoms with Crippen LogP contribution in [0.4, 0.5) is 5.82 Å². The van der Waals surface area contributed by atoms with Crippen molar-refractivity contribution in [3.8, 4) is 0 Å². The molecule has 18 heavy (non-hydrogen) atoms. The Morgan fingerprint density at radius 1 is 1.33 bits per heavy atom. The van der Waals surface area contributed by atoms with Gasteiger partial charge >= 0.3 is 0 Å². The summed E-state index contributed by atoms with van der Waals surface area (Å²) in [6.45, 7) is 10.3. The summed E-state index contributed by atoms with van der Waals surface area (Å²) in [5, 5.41) is 8.93. The average molecular weight is 316 g/mol. The summed E-state index contributed by atoms with van der Waals surface area (Å²) in [7, 11) is 0. The van der Waals surface area contributed by atoms with Gasteiger partial charge in [0, 0.05) is 31.2 Å². The fraction of sp³-hybridized carbons (Fsp3) is 0.692. The molecule has 102 valence electrons. The predicted octanol–water partition coefficient (Wildman–Crippen LogP) is 2.75. The number of aromatic nitrogens is 2. The average Bonchev–Trinajstić information content (AvgIpc) is 2.28. The van der Waals surface area contributed by atoms with Crippen molar-refractivity contribution < 1.29 is 5.11 Å². The summed E-state index contributed by atoms with van der Waals surface area (Å²) in [4.78, 5) is 11.2. The highest BCUT2D eigenvalue weighted by Crippen LogP contribution is 2.24. The Morgan fingerprint density at radius 3 is 2.50 bits per heavy atom. The van der Waals surface area contributed by atoms with Gasteiger partial charge in [-0.15, -0.1) is 0 Å². The fourth-order valence-corrected chi connectivity index (χ4v) is 1.97. The second-order valence-corrected chi connectivity index (χ2v) is 6.09. The van der Waals surface area contributed by atoms with E-state index in [0.29, 0.717) is 0 Å². The van der Waals surface area contributed by atoms with E-state index in [1.807, 2.05) is 6.07 Å². The Hall–Kier alpha value is -0.680. The van der Waals surface area contributed by atoms with E-state index < -0.39 is 0 Å². The van der Waals surface area contributed by atoms with Gasteiger partial charge in [0.2, 0.25) is 0 Å². The Bertz CT molecular complexity index is 390. The van der Waals surface area contributed by atoms with E-state index in [9.17, 15) is 0 Å². The molecular weight excluding hydrogens is 294 g/mol. The highest BCUT2D eigenvalue weighted by molar-refractivity contribution is 9.10. The number of aliphatic hydroxyl groups is 1. The van der Waals surface area contributed by atoms with E-state index >= 15 is 0 Å². The third-order valence-corrected chi connectivity index (χ3v) is 3.05. The first-order valence-electron chi connectivity index (χ1n) is 6.29. The van der Waals surface area contributed by atoms with Crippen LogP contribution in [0.1, 0.15) is 39.9 Å². The van der Waals surface area contributed by atoms with E-state index in [1.54, 1.807) is 0 Å². The van der Waals surface area contributed by atoms with Crippen molar-refractivity contribution in [3.05, 3.63) is 16.5 Å². The Balaban J connectivity index is 3.04. The van der Waals surface area contributed by atoms with Gasteiger partial charge in [0.25, 0.3) is 0 Å². The fourth-order valence-electron chi connectivity index (χ4n) is 1.60. The molecule has 0 saturated carbocycles. The van der Waals surface area contributed by atoms with Crippen molar-refractivity contribution >= 4 is 21.7 Å². The molecule has 5 heteroatoms. The number of rotatable bonds is 5. The molecule has 0 aliphatic rings. The molecular formula is C13H22BrN3O. The van der Waals surface area contributed by atoms with Crippen LogP contribution in [0.2, 0.25) is 0 Å². The van der Waals surface area contributed by atoms with Crippen molar-refractivity contribution in [1.82, 2.24) is 9.97 Å². The van der Waals surface area contributed by atoms with Gasteiger partial charge in [0.05, 0.1) is 0 Å². The summed E-state index contributed by atoms with van der Waals surface area (Å²) < 4.78 is 0.805. The molecule has 1 heterocycles. The van der Waals surface area contributed by atoms with E-state index in [1.165, 1.54) is 0 Å². The molecule has 0 fully saturated rings. The lowest BCUT2D eigenvalue weighted by atomic mass is 9.96. The molecule has 0 unspecified atom stereocenters. The van der Waals surface area contributed by atoms with Crippen LogP contribution in [-0.2, 0) is 5.41 Å². The third-order valence-electron chi connectivity index (χ3n) is 2.64. The number of halogens is 1. The van der Waals surface area contributed by atoms with E-state index in [-0.39, 0.29) is 12.0 Å². The first kappa shape index (κ1) is 15.4. The van der Waals surface area contributed by atoms with Gasteiger partial charge in [-0.3, -0.25) is 0 Å². The van der Waals surface area contributed by atoms with Crippen LogP contribution in [0.25, 0.3) is 0 Å². The molecule has 0 aliphatic carbocycles. The van der Waals surface area contributed by atoms with Crippen LogP contribution < -0.4 is 4.90 Å². The molecule has 1 rings (SSSR count). The molecule has 0 amide bonds. The highest BCUT2D eigenvalue weighted by atomic mass is 79.9. The van der Waals surface area contributed by atoms with Gasteiger partial charge in [0.15, 0.2) is 0 Å². The maximum Gasteiger partial charge on any atom is 0.137 e. The smallest absolute Gasteiger partial charge is 0.137 e. The van der Waals surface area contributed by atoms with Gasteiger partial charge in [-0.1, -0.05) is 20.8 Å². The summed E-state index contributed by atoms with van der Waals surface area (Å²) in [5.74, 6) is 1.74. The van der Waals surface area contributed by atoms with Gasteiger partial charge in [0.1, 0.15) is 16.2 Å². The highest BCUT2D eigenvalue weighted by Gasteiger charge is 2.20. The molecule has 4 nitrogen and oxygen atoms in total. The SMILES string of the molecule is CCN(CCCO)c1cc(Br)nc(C(C)(C)C)n1. The van der Waals surface area contributed by atoms with Gasteiger partial charge in [-0.2, -0.15) is 0 Å². The maximum absolute atomic E-state index is 8.93. The lowest BCUT2D eigenvalue weighted by Crippen LogP contribution is -2.27. The van der Waals surface area contributed by atoms with Crippen molar-refractivity contribution in [1.29, 1.82) is 0 Å². The summed E-state index contributed by atoms with van der Waals surface area (Å²) >= 11 is 3.44. The zero-order valence-corrected chi connectivity index (χ0v) is 13.2. The summed E-state index contributed by atoms with van der Waals surface area (Å²) in [6.07, 6.45) is 0.750. The van der Waals surface area contributed by atoms with Crippen LogP contribution in [0, 0.1) is 0 Å². The van der Waals surface area contributed by atoms with Crippen LogP contribution in [0.5, 0.6) is 0 Å². The van der Waals surface area contributed by atoms with Crippen LogP contribution in [0.3, 0.4) is 0 Å². The molecule has 1 aromatic rings. The summed E-state index contributed by atoms with van der Waals surface area (Å²) in [6, 6.07) is 1.93. The van der Waals surface area contributed by atoms with Crippen molar-refractivity contribution in [3.63, 3.8) is 0 Å². The first-order chi connectivity index (χ1) is 8.38. The van der Waals surface area contributed by atoms with E-state index in [2.05, 4.69) is 58.5 Å². The van der Waals surface area contributed by atoms with Gasteiger partial charge < -0.3 is 10.0 Å². The molecule has 0 aromatic carbocycles. The minimum atomic E-state index is -0.0745. The quantitative estimate of drug-likeness (QED) is 0.849. The van der Waals surface area contributed by atoms with Crippen LogP contribution in [-0.4, -0.2) is 34.8 Å². The molecule has 0 saturated heterocycles. The van der Waals surface area contributed by atoms with Crippen molar-refractivity contribution in [2.24, 2.45) is 0 Å². The van der Waals surface area contributed by atoms with E-state index in [4.69, 9.17) is 5.11 Å². The molecule has 0 aliphatic heterocycles. The largest absolute Gasteiger partial charge is 0.396 e. The monoisotopic (exact) mass is 315 g/mol. The van der Waals surface area contributed by atoms with Crippen molar-refractivity contribution in [2.75, 3.05) is 24.6 Å². The predicted molar refractivity (Wildman–Crippen MR) is 78.0 cm³/mol. The minimum absolute atomic E-state index is 0.0745. The number of aliphatic hydroxyl groups excluding tert-OH is 1. The second-order valence-electron chi connectivity index (χ2n) is 5.28. The topological polar surface area (TPSA) is 49.2 Å². The molecule has 0 spiro atoms. The van der Waals surface area contributed by atoms with Gasteiger partial charge in [-0.25, -0.2) is 9.97 Å². The first-order valence-corrected chi connectivity index (χ1v) is 7.08. The number of hydrogen-bond donors (Lipinski definition) is 1. The lowest BCUT2D eigenvalue weighted by Gasteiger charge is -2.24. The van der Waals surface area contributed by atoms with Crippen molar-refractivity contribution in [2.45, 2.75) is 39.5 Å².